The van der Waals surface area contributed by atoms with Gasteiger partial charge in [0.25, 0.3) is 6.01 Å². The molecule has 0 aromatic carbocycles. The van der Waals surface area contributed by atoms with Gasteiger partial charge in [-0.2, -0.15) is 4.98 Å². The fourth-order valence-corrected chi connectivity index (χ4v) is 2.38. The third-order valence-corrected chi connectivity index (χ3v) is 3.36. The van der Waals surface area contributed by atoms with Crippen molar-refractivity contribution in [1.82, 2.24) is 14.9 Å². The van der Waals surface area contributed by atoms with Crippen LogP contribution < -0.4 is 4.90 Å². The maximum absolute atomic E-state index is 5.74. The SMILES string of the molecule is Br.Br.CCCN1CCN(c2nc3ccncc3o2)CC1. The van der Waals surface area contributed by atoms with Crippen molar-refractivity contribution in [1.29, 1.82) is 0 Å². The standard InChI is InChI=1S/C13H18N4O.2BrH/c1-2-5-16-6-8-17(9-7-16)13-15-11-3-4-14-10-12(11)18-13;;/h3-4,10H,2,5-9H2,1H3;2*1H. The van der Waals surface area contributed by atoms with Crippen molar-refractivity contribution in [3.8, 4) is 0 Å². The number of nitrogens with zero attached hydrogens (tertiary/aromatic N) is 4. The summed E-state index contributed by atoms with van der Waals surface area (Å²) in [6, 6.07) is 2.62. The summed E-state index contributed by atoms with van der Waals surface area (Å²) in [5.74, 6) is 0. The van der Waals surface area contributed by atoms with E-state index in [4.69, 9.17) is 4.42 Å². The molecule has 0 unspecified atom stereocenters. The average Bonchev–Trinajstić information content (AvgIpc) is 2.84. The predicted octanol–water partition coefficient (Wildman–Crippen LogP) is 2.91. The zero-order valence-electron chi connectivity index (χ0n) is 11.5. The number of hydrogen-bond acceptors (Lipinski definition) is 5. The zero-order valence-corrected chi connectivity index (χ0v) is 14.9. The molecule has 1 aliphatic rings. The molecular formula is C13H20Br2N4O. The highest BCUT2D eigenvalue weighted by atomic mass is 79.9. The van der Waals surface area contributed by atoms with Gasteiger partial charge in [-0.05, 0) is 19.0 Å². The molecule has 0 atom stereocenters. The van der Waals surface area contributed by atoms with E-state index in [9.17, 15) is 0 Å². The number of rotatable bonds is 3. The fraction of sp³-hybridized carbons (Fsp3) is 0.538. The first-order valence-electron chi connectivity index (χ1n) is 6.54. The summed E-state index contributed by atoms with van der Waals surface area (Å²) in [6.45, 7) is 7.56. The fourth-order valence-electron chi connectivity index (χ4n) is 2.38. The second-order valence-electron chi connectivity index (χ2n) is 4.67. The number of anilines is 1. The summed E-state index contributed by atoms with van der Waals surface area (Å²) in [6.07, 6.45) is 4.68. The van der Waals surface area contributed by atoms with Gasteiger partial charge < -0.3 is 9.32 Å². The van der Waals surface area contributed by atoms with Gasteiger partial charge in [-0.1, -0.05) is 6.92 Å². The Morgan fingerprint density at radius 3 is 2.60 bits per heavy atom. The molecule has 7 heteroatoms. The van der Waals surface area contributed by atoms with Gasteiger partial charge in [0.15, 0.2) is 5.58 Å². The number of fused-ring (bicyclic) bond motifs is 1. The predicted molar refractivity (Wildman–Crippen MR) is 91.4 cm³/mol. The van der Waals surface area contributed by atoms with Gasteiger partial charge in [-0.3, -0.25) is 9.88 Å². The van der Waals surface area contributed by atoms with Crippen LogP contribution in [0.3, 0.4) is 0 Å². The molecule has 1 fully saturated rings. The van der Waals surface area contributed by atoms with Crippen LogP contribution in [0.5, 0.6) is 0 Å². The third kappa shape index (κ3) is 3.71. The maximum Gasteiger partial charge on any atom is 0.298 e. The Hall–Kier alpha value is -0.660. The van der Waals surface area contributed by atoms with Gasteiger partial charge in [0.1, 0.15) is 5.52 Å². The molecule has 3 rings (SSSR count). The number of piperazine rings is 1. The zero-order chi connectivity index (χ0) is 12.4. The Morgan fingerprint density at radius 2 is 1.95 bits per heavy atom. The van der Waals surface area contributed by atoms with E-state index in [0.717, 1.165) is 43.3 Å². The Morgan fingerprint density at radius 1 is 1.20 bits per heavy atom. The van der Waals surface area contributed by atoms with Crippen LogP contribution in [0.2, 0.25) is 0 Å². The first-order chi connectivity index (χ1) is 8.86. The van der Waals surface area contributed by atoms with E-state index < -0.39 is 0 Å². The van der Waals surface area contributed by atoms with Crippen LogP contribution in [0.4, 0.5) is 6.01 Å². The van der Waals surface area contributed by atoms with E-state index in [1.165, 1.54) is 13.0 Å². The Kier molecular flexibility index (Phi) is 6.91. The summed E-state index contributed by atoms with van der Waals surface area (Å²) in [5, 5.41) is 0. The molecule has 3 heterocycles. The van der Waals surface area contributed by atoms with E-state index in [1.54, 1.807) is 12.4 Å². The van der Waals surface area contributed by atoms with Crippen LogP contribution in [0, 0.1) is 0 Å². The van der Waals surface area contributed by atoms with Gasteiger partial charge in [0, 0.05) is 32.4 Å². The maximum atomic E-state index is 5.74. The quantitative estimate of drug-likeness (QED) is 0.782. The molecule has 20 heavy (non-hydrogen) atoms. The molecule has 0 spiro atoms. The molecule has 112 valence electrons. The number of oxazole rings is 1. The molecule has 2 aromatic heterocycles. The highest BCUT2D eigenvalue weighted by Gasteiger charge is 2.20. The Balaban J connectivity index is 0.000001000. The lowest BCUT2D eigenvalue weighted by Gasteiger charge is -2.33. The van der Waals surface area contributed by atoms with Crippen molar-refractivity contribution in [2.45, 2.75) is 13.3 Å². The lowest BCUT2D eigenvalue weighted by atomic mass is 10.3. The monoisotopic (exact) mass is 406 g/mol. The lowest BCUT2D eigenvalue weighted by Crippen LogP contribution is -2.46. The average molecular weight is 408 g/mol. The molecule has 1 saturated heterocycles. The lowest BCUT2D eigenvalue weighted by molar-refractivity contribution is 0.254. The summed E-state index contributed by atoms with van der Waals surface area (Å²) in [4.78, 5) is 13.3. The number of pyridine rings is 1. The van der Waals surface area contributed by atoms with Gasteiger partial charge in [0.2, 0.25) is 0 Å². The summed E-state index contributed by atoms with van der Waals surface area (Å²) in [7, 11) is 0. The molecule has 2 aromatic rings. The van der Waals surface area contributed by atoms with Gasteiger partial charge >= 0.3 is 0 Å². The van der Waals surface area contributed by atoms with Crippen molar-refractivity contribution in [3.05, 3.63) is 18.5 Å². The van der Waals surface area contributed by atoms with Gasteiger partial charge in [0.05, 0.1) is 6.20 Å². The minimum absolute atomic E-state index is 0. The number of aromatic nitrogens is 2. The number of halogens is 2. The normalized spacial score (nSPS) is 15.8. The summed E-state index contributed by atoms with van der Waals surface area (Å²) < 4.78 is 5.74. The van der Waals surface area contributed by atoms with Crippen molar-refractivity contribution < 1.29 is 4.42 Å². The molecule has 0 radical (unpaired) electrons. The van der Waals surface area contributed by atoms with Crippen molar-refractivity contribution in [2.24, 2.45) is 0 Å². The van der Waals surface area contributed by atoms with E-state index in [-0.39, 0.29) is 34.0 Å². The van der Waals surface area contributed by atoms with Crippen LogP contribution in [0.25, 0.3) is 11.1 Å². The van der Waals surface area contributed by atoms with E-state index in [1.807, 2.05) is 6.07 Å². The van der Waals surface area contributed by atoms with Crippen molar-refractivity contribution in [3.63, 3.8) is 0 Å². The van der Waals surface area contributed by atoms with Crippen molar-refractivity contribution >= 4 is 51.1 Å². The molecular weight excluding hydrogens is 388 g/mol. The third-order valence-electron chi connectivity index (χ3n) is 3.36. The van der Waals surface area contributed by atoms with Crippen LogP contribution in [-0.2, 0) is 0 Å². The first-order valence-corrected chi connectivity index (χ1v) is 6.54. The molecule has 1 aliphatic heterocycles. The Bertz CT molecular complexity index is 493. The Labute approximate surface area is 139 Å². The second kappa shape index (κ2) is 7.95. The van der Waals surface area contributed by atoms with Gasteiger partial charge in [-0.15, -0.1) is 34.0 Å². The molecule has 0 amide bonds. The van der Waals surface area contributed by atoms with Crippen LogP contribution in [0.1, 0.15) is 13.3 Å². The molecule has 0 N–H and O–H groups in total. The minimum atomic E-state index is 0. The molecule has 5 nitrogen and oxygen atoms in total. The molecule has 0 saturated carbocycles. The van der Waals surface area contributed by atoms with Crippen molar-refractivity contribution in [2.75, 3.05) is 37.6 Å². The largest absolute Gasteiger partial charge is 0.422 e. The highest BCUT2D eigenvalue weighted by molar-refractivity contribution is 8.93. The number of hydrogen-bond donors (Lipinski definition) is 0. The van der Waals surface area contributed by atoms with E-state index >= 15 is 0 Å². The topological polar surface area (TPSA) is 45.4 Å². The summed E-state index contributed by atoms with van der Waals surface area (Å²) in [5.41, 5.74) is 1.65. The van der Waals surface area contributed by atoms with Crippen LogP contribution in [0.15, 0.2) is 22.9 Å². The highest BCUT2D eigenvalue weighted by Crippen LogP contribution is 2.21. The van der Waals surface area contributed by atoms with Gasteiger partial charge in [-0.25, -0.2) is 0 Å². The van der Waals surface area contributed by atoms with Crippen LogP contribution >= 0.6 is 34.0 Å². The molecule has 0 aliphatic carbocycles. The first kappa shape index (κ1) is 17.4. The summed E-state index contributed by atoms with van der Waals surface area (Å²) >= 11 is 0. The second-order valence-corrected chi connectivity index (χ2v) is 4.67. The molecule has 0 bridgehead atoms. The van der Waals surface area contributed by atoms with E-state index in [2.05, 4.69) is 26.7 Å². The van der Waals surface area contributed by atoms with Crippen LogP contribution in [-0.4, -0.2) is 47.6 Å². The minimum Gasteiger partial charge on any atom is -0.422 e. The smallest absolute Gasteiger partial charge is 0.298 e. The van der Waals surface area contributed by atoms with E-state index in [0.29, 0.717) is 0 Å².